The van der Waals surface area contributed by atoms with Gasteiger partial charge in [-0.2, -0.15) is 13.2 Å². The van der Waals surface area contributed by atoms with Crippen molar-refractivity contribution in [3.05, 3.63) is 17.2 Å². The van der Waals surface area contributed by atoms with Gasteiger partial charge in [0, 0.05) is 23.6 Å². The van der Waals surface area contributed by atoms with E-state index in [-0.39, 0.29) is 11.5 Å². The number of aryl methyl sites for hydroxylation is 1. The summed E-state index contributed by atoms with van der Waals surface area (Å²) in [5.74, 6) is -0.569. The van der Waals surface area contributed by atoms with Crippen LogP contribution in [0.4, 0.5) is 13.2 Å². The summed E-state index contributed by atoms with van der Waals surface area (Å²) in [6.45, 7) is 0.347. The molecule has 2 rings (SSSR count). The van der Waals surface area contributed by atoms with Crippen LogP contribution >= 0.6 is 10.7 Å². The molecule has 0 N–H and O–H groups in total. The summed E-state index contributed by atoms with van der Waals surface area (Å²) in [6, 6.07) is 0. The van der Waals surface area contributed by atoms with Gasteiger partial charge >= 0.3 is 6.18 Å². The van der Waals surface area contributed by atoms with Crippen LogP contribution in [0.25, 0.3) is 0 Å². The molecule has 1 aromatic heterocycles. The van der Waals surface area contributed by atoms with Gasteiger partial charge in [0.05, 0.1) is 5.69 Å². The fraction of sp³-hybridized carbons (Fsp3) is 0.667. The second-order valence-corrected chi connectivity index (χ2v) is 6.89. The van der Waals surface area contributed by atoms with E-state index < -0.39 is 26.7 Å². The Balaban J connectivity index is 2.56. The molecule has 1 aliphatic rings. The van der Waals surface area contributed by atoms with Crippen molar-refractivity contribution in [2.45, 2.75) is 37.7 Å². The molecule has 1 aromatic rings. The molecule has 0 aromatic carbocycles. The van der Waals surface area contributed by atoms with Gasteiger partial charge in [-0.25, -0.2) is 13.4 Å². The molecule has 0 spiro atoms. The molecule has 0 bridgehead atoms. The van der Waals surface area contributed by atoms with Gasteiger partial charge in [0.2, 0.25) is 9.05 Å². The van der Waals surface area contributed by atoms with Crippen molar-refractivity contribution in [2.24, 2.45) is 0 Å². The molecule has 0 saturated carbocycles. The number of hydrogen-bond acceptors (Lipinski definition) is 3. The lowest BCUT2D eigenvalue weighted by atomic mass is 10.2. The third-order valence-corrected chi connectivity index (χ3v) is 3.71. The molecule has 0 radical (unpaired) electrons. The first-order chi connectivity index (χ1) is 8.18. The van der Waals surface area contributed by atoms with Crippen molar-refractivity contribution < 1.29 is 21.6 Å². The minimum Gasteiger partial charge on any atom is -0.330 e. The fourth-order valence-corrected chi connectivity index (χ4v) is 3.01. The summed E-state index contributed by atoms with van der Waals surface area (Å²) in [6.07, 6.45) is -2.79. The Kier molecular flexibility index (Phi) is 3.35. The molecule has 0 amide bonds. The van der Waals surface area contributed by atoms with E-state index in [0.29, 0.717) is 19.4 Å². The number of rotatable bonds is 2. The largest absolute Gasteiger partial charge is 0.435 e. The number of halogens is 4. The molecule has 0 fully saturated rings. The number of alkyl halides is 3. The molecular formula is C9H10ClF3N2O2S. The van der Waals surface area contributed by atoms with Gasteiger partial charge in [-0.05, 0) is 12.8 Å². The van der Waals surface area contributed by atoms with E-state index in [1.807, 2.05) is 0 Å². The standard InChI is InChI=1S/C9H10ClF3N2O2S/c10-18(16,17)5-6-8(9(11,12)13)14-7-3-1-2-4-15(6)7/h1-5H2. The van der Waals surface area contributed by atoms with E-state index >= 15 is 0 Å². The van der Waals surface area contributed by atoms with Crippen LogP contribution in [0.3, 0.4) is 0 Å². The van der Waals surface area contributed by atoms with Crippen LogP contribution < -0.4 is 0 Å². The summed E-state index contributed by atoms with van der Waals surface area (Å²) in [5, 5.41) is 0. The van der Waals surface area contributed by atoms with Crippen LogP contribution in [0, 0.1) is 0 Å². The zero-order chi connectivity index (χ0) is 13.6. The summed E-state index contributed by atoms with van der Waals surface area (Å²) in [4.78, 5) is 3.52. The van der Waals surface area contributed by atoms with Crippen molar-refractivity contribution in [3.8, 4) is 0 Å². The van der Waals surface area contributed by atoms with E-state index in [4.69, 9.17) is 10.7 Å². The first-order valence-corrected chi connectivity index (χ1v) is 7.74. The van der Waals surface area contributed by atoms with Crippen LogP contribution in [0.2, 0.25) is 0 Å². The Hall–Kier alpha value is -0.760. The van der Waals surface area contributed by atoms with Crippen molar-refractivity contribution in [3.63, 3.8) is 0 Å². The zero-order valence-corrected chi connectivity index (χ0v) is 10.7. The molecule has 0 saturated heterocycles. The quantitative estimate of drug-likeness (QED) is 0.788. The Morgan fingerprint density at radius 3 is 2.56 bits per heavy atom. The van der Waals surface area contributed by atoms with Crippen LogP contribution in [0.15, 0.2) is 0 Å². The Bertz CT molecular complexity index is 565. The fourth-order valence-electron chi connectivity index (χ4n) is 2.08. The lowest BCUT2D eigenvalue weighted by molar-refractivity contribution is -0.141. The summed E-state index contributed by atoms with van der Waals surface area (Å²) >= 11 is 0. The average Bonchev–Trinajstić information content (AvgIpc) is 2.55. The molecule has 0 unspecified atom stereocenters. The molecule has 102 valence electrons. The molecule has 0 atom stereocenters. The number of aromatic nitrogens is 2. The highest BCUT2D eigenvalue weighted by Crippen LogP contribution is 2.34. The summed E-state index contributed by atoms with van der Waals surface area (Å²) in [7, 11) is 1.00. The third kappa shape index (κ3) is 2.80. The first kappa shape index (κ1) is 13.7. The SMILES string of the molecule is O=S(=O)(Cl)Cc1c(C(F)(F)F)nc2n1CCCC2. The summed E-state index contributed by atoms with van der Waals surface area (Å²) < 4.78 is 61.8. The Morgan fingerprint density at radius 1 is 1.33 bits per heavy atom. The van der Waals surface area contributed by atoms with Crippen molar-refractivity contribution in [2.75, 3.05) is 0 Å². The molecule has 0 aliphatic carbocycles. The van der Waals surface area contributed by atoms with E-state index in [0.717, 1.165) is 6.42 Å². The highest BCUT2D eigenvalue weighted by molar-refractivity contribution is 8.13. The minimum atomic E-state index is -4.67. The first-order valence-electron chi connectivity index (χ1n) is 5.26. The highest BCUT2D eigenvalue weighted by Gasteiger charge is 2.40. The van der Waals surface area contributed by atoms with Crippen LogP contribution in [0.1, 0.15) is 30.1 Å². The lowest BCUT2D eigenvalue weighted by Crippen LogP contribution is -2.16. The predicted octanol–water partition coefficient (Wildman–Crippen LogP) is 2.31. The van der Waals surface area contributed by atoms with E-state index in [2.05, 4.69) is 4.98 Å². The molecule has 2 heterocycles. The molecule has 9 heteroatoms. The maximum atomic E-state index is 12.8. The average molecular weight is 303 g/mol. The monoisotopic (exact) mass is 302 g/mol. The topological polar surface area (TPSA) is 52.0 Å². The van der Waals surface area contributed by atoms with E-state index in [9.17, 15) is 21.6 Å². The smallest absolute Gasteiger partial charge is 0.330 e. The van der Waals surface area contributed by atoms with Gasteiger partial charge in [-0.15, -0.1) is 0 Å². The maximum Gasteiger partial charge on any atom is 0.435 e. The second kappa shape index (κ2) is 4.41. The molecule has 18 heavy (non-hydrogen) atoms. The minimum absolute atomic E-state index is 0.281. The predicted molar refractivity (Wildman–Crippen MR) is 58.6 cm³/mol. The Labute approximate surface area is 106 Å². The highest BCUT2D eigenvalue weighted by atomic mass is 35.7. The molecule has 4 nitrogen and oxygen atoms in total. The van der Waals surface area contributed by atoms with Gasteiger partial charge in [0.25, 0.3) is 0 Å². The zero-order valence-electron chi connectivity index (χ0n) is 9.17. The Morgan fingerprint density at radius 2 is 2.00 bits per heavy atom. The summed E-state index contributed by atoms with van der Waals surface area (Å²) in [5.41, 5.74) is -1.49. The second-order valence-electron chi connectivity index (χ2n) is 4.11. The van der Waals surface area contributed by atoms with Gasteiger partial charge in [0.15, 0.2) is 5.69 Å². The van der Waals surface area contributed by atoms with Crippen molar-refractivity contribution in [1.82, 2.24) is 9.55 Å². The van der Waals surface area contributed by atoms with Gasteiger partial charge in [-0.1, -0.05) is 0 Å². The van der Waals surface area contributed by atoms with Crippen LogP contribution in [-0.4, -0.2) is 18.0 Å². The molecule has 1 aliphatic heterocycles. The van der Waals surface area contributed by atoms with Crippen LogP contribution in [0.5, 0.6) is 0 Å². The number of fused-ring (bicyclic) bond motifs is 1. The van der Waals surface area contributed by atoms with Gasteiger partial charge in [0.1, 0.15) is 11.6 Å². The van der Waals surface area contributed by atoms with Crippen molar-refractivity contribution >= 4 is 19.7 Å². The van der Waals surface area contributed by atoms with Gasteiger partial charge < -0.3 is 4.57 Å². The van der Waals surface area contributed by atoms with Crippen LogP contribution in [-0.2, 0) is 33.9 Å². The van der Waals surface area contributed by atoms with Gasteiger partial charge in [-0.3, -0.25) is 0 Å². The molecular weight excluding hydrogens is 293 g/mol. The lowest BCUT2D eigenvalue weighted by Gasteiger charge is -2.16. The van der Waals surface area contributed by atoms with E-state index in [1.165, 1.54) is 4.57 Å². The normalized spacial score (nSPS) is 16.7. The van der Waals surface area contributed by atoms with E-state index in [1.54, 1.807) is 0 Å². The number of hydrogen-bond donors (Lipinski definition) is 0. The third-order valence-electron chi connectivity index (χ3n) is 2.76. The number of imidazole rings is 1. The van der Waals surface area contributed by atoms with Crippen molar-refractivity contribution in [1.29, 1.82) is 0 Å². The number of nitrogens with zero attached hydrogens (tertiary/aromatic N) is 2. The maximum absolute atomic E-state index is 12.8.